The molecule has 2 atom stereocenters. The fourth-order valence-corrected chi connectivity index (χ4v) is 5.28. The molecule has 9 nitrogen and oxygen atoms in total. The van der Waals surface area contributed by atoms with Crippen molar-refractivity contribution in [2.45, 2.75) is 57.9 Å². The molecule has 2 aromatic heterocycles. The van der Waals surface area contributed by atoms with Crippen LogP contribution in [0, 0.1) is 24.6 Å². The van der Waals surface area contributed by atoms with Crippen LogP contribution in [0.4, 0.5) is 10.2 Å². The predicted octanol–water partition coefficient (Wildman–Crippen LogP) is 2.97. The fourth-order valence-electron chi connectivity index (χ4n) is 5.28. The van der Waals surface area contributed by atoms with Gasteiger partial charge in [-0.1, -0.05) is 25.7 Å². The highest BCUT2D eigenvalue weighted by atomic mass is 19.1. The van der Waals surface area contributed by atoms with E-state index < -0.39 is 11.7 Å². The Bertz CT molecular complexity index is 1020. The minimum atomic E-state index is -0.571. The molecule has 2 amide bonds. The van der Waals surface area contributed by atoms with Gasteiger partial charge in [0, 0.05) is 31.4 Å². The number of pyridine rings is 1. The predicted molar refractivity (Wildman–Crippen MR) is 127 cm³/mol. The highest BCUT2D eigenvalue weighted by molar-refractivity contribution is 5.79. The molecule has 0 aromatic carbocycles. The maximum atomic E-state index is 15.5. The normalized spacial score (nSPS) is 19.1. The molecule has 2 fully saturated rings. The molecule has 0 radical (unpaired) electrons. The van der Waals surface area contributed by atoms with E-state index in [2.05, 4.69) is 20.3 Å². The summed E-state index contributed by atoms with van der Waals surface area (Å²) in [5, 5.41) is 12.9. The van der Waals surface area contributed by atoms with Crippen molar-refractivity contribution in [2.75, 3.05) is 24.5 Å². The van der Waals surface area contributed by atoms with E-state index in [0.717, 1.165) is 32.1 Å². The highest BCUT2D eigenvalue weighted by Crippen LogP contribution is 2.32. The maximum absolute atomic E-state index is 15.5. The summed E-state index contributed by atoms with van der Waals surface area (Å²) in [6, 6.07) is 3.97. The van der Waals surface area contributed by atoms with Crippen molar-refractivity contribution >= 4 is 18.1 Å². The molecule has 4 rings (SSSR count). The van der Waals surface area contributed by atoms with Gasteiger partial charge in [0.1, 0.15) is 11.5 Å². The van der Waals surface area contributed by atoms with Crippen molar-refractivity contribution in [2.24, 2.45) is 11.8 Å². The number of carbonyl (C=O) groups is 2. The standard InChI is InChI=1S/C25H33FN6O3/c1-17-29-22(13-28-25(34)21(15-32(35)16-33)12-18-4-2-3-5-18)23(26)24(30-17)31-11-8-20(14-31)19-6-9-27-10-7-19/h6-7,9-10,16,18,20-21,35H,2-5,8,11-15H2,1H3,(H,28,34)/t20?,21-/m1/s1. The highest BCUT2D eigenvalue weighted by Gasteiger charge is 2.30. The average molecular weight is 485 g/mol. The lowest BCUT2D eigenvalue weighted by Crippen LogP contribution is -2.38. The van der Waals surface area contributed by atoms with Crippen LogP contribution in [0.15, 0.2) is 24.5 Å². The fraction of sp³-hybridized carbons (Fsp3) is 0.560. The zero-order valence-corrected chi connectivity index (χ0v) is 20.1. The number of carbonyl (C=O) groups excluding carboxylic acids is 2. The van der Waals surface area contributed by atoms with E-state index in [1.54, 1.807) is 19.3 Å². The van der Waals surface area contributed by atoms with Crippen molar-refractivity contribution in [1.29, 1.82) is 0 Å². The Labute approximate surface area is 204 Å². The van der Waals surface area contributed by atoms with Crippen LogP contribution in [0.2, 0.25) is 0 Å². The van der Waals surface area contributed by atoms with Gasteiger partial charge in [-0.3, -0.25) is 19.8 Å². The Morgan fingerprint density at radius 3 is 2.74 bits per heavy atom. The SMILES string of the molecule is Cc1nc(CNC(=O)[C@H](CC2CCCC2)CN(O)C=O)c(F)c(N2CCC(c3ccncc3)C2)n1. The van der Waals surface area contributed by atoms with E-state index >= 15 is 4.39 Å². The first-order valence-electron chi connectivity index (χ1n) is 12.3. The second-order valence-corrected chi connectivity index (χ2v) is 9.60. The van der Waals surface area contributed by atoms with Crippen LogP contribution in [-0.4, -0.2) is 57.2 Å². The third-order valence-electron chi connectivity index (χ3n) is 7.10. The van der Waals surface area contributed by atoms with Gasteiger partial charge < -0.3 is 10.2 Å². The molecule has 1 aliphatic heterocycles. The van der Waals surface area contributed by atoms with Crippen molar-refractivity contribution in [1.82, 2.24) is 25.3 Å². The summed E-state index contributed by atoms with van der Waals surface area (Å²) in [5.74, 6) is -0.0839. The van der Waals surface area contributed by atoms with E-state index in [9.17, 15) is 14.8 Å². The smallest absolute Gasteiger partial charge is 0.233 e. The molecule has 10 heteroatoms. The number of anilines is 1. The van der Waals surface area contributed by atoms with Gasteiger partial charge in [0.2, 0.25) is 12.3 Å². The average Bonchev–Trinajstić information content (AvgIpc) is 3.56. The van der Waals surface area contributed by atoms with Gasteiger partial charge in [-0.05, 0) is 43.4 Å². The second kappa shape index (κ2) is 11.5. The number of nitrogens with zero attached hydrogens (tertiary/aromatic N) is 5. The Balaban J connectivity index is 1.43. The summed E-state index contributed by atoms with van der Waals surface area (Å²) in [5.41, 5.74) is 1.30. The van der Waals surface area contributed by atoms with E-state index in [0.29, 0.717) is 42.7 Å². The molecule has 1 saturated carbocycles. The second-order valence-electron chi connectivity index (χ2n) is 9.60. The van der Waals surface area contributed by atoms with Gasteiger partial charge in [0.05, 0.1) is 19.0 Å². The van der Waals surface area contributed by atoms with E-state index in [4.69, 9.17) is 0 Å². The Morgan fingerprint density at radius 1 is 1.29 bits per heavy atom. The Hall–Kier alpha value is -3.14. The van der Waals surface area contributed by atoms with E-state index in [1.165, 1.54) is 5.56 Å². The number of aryl methyl sites for hydroxylation is 1. The van der Waals surface area contributed by atoms with Gasteiger partial charge in [-0.25, -0.2) is 19.4 Å². The lowest BCUT2D eigenvalue weighted by Gasteiger charge is -2.23. The largest absolute Gasteiger partial charge is 0.353 e. The van der Waals surface area contributed by atoms with Crippen LogP contribution in [0.5, 0.6) is 0 Å². The van der Waals surface area contributed by atoms with Crippen LogP contribution in [0.3, 0.4) is 0 Å². The van der Waals surface area contributed by atoms with Crippen LogP contribution >= 0.6 is 0 Å². The molecule has 2 aromatic rings. The summed E-state index contributed by atoms with van der Waals surface area (Å²) < 4.78 is 15.5. The molecule has 1 unspecified atom stereocenters. The zero-order chi connectivity index (χ0) is 24.8. The lowest BCUT2D eigenvalue weighted by atomic mass is 9.92. The number of hydroxylamine groups is 2. The summed E-state index contributed by atoms with van der Waals surface area (Å²) in [7, 11) is 0. The van der Waals surface area contributed by atoms with Crippen molar-refractivity contribution in [3.05, 3.63) is 47.4 Å². The number of rotatable bonds is 10. The van der Waals surface area contributed by atoms with Crippen LogP contribution in [-0.2, 0) is 16.1 Å². The quantitative estimate of drug-likeness (QED) is 0.303. The molecule has 0 spiro atoms. The van der Waals surface area contributed by atoms with Crippen molar-refractivity contribution < 1.29 is 19.2 Å². The van der Waals surface area contributed by atoms with Crippen LogP contribution in [0.25, 0.3) is 0 Å². The number of hydrogen-bond acceptors (Lipinski definition) is 7. The van der Waals surface area contributed by atoms with Gasteiger partial charge in [0.25, 0.3) is 0 Å². The van der Waals surface area contributed by atoms with E-state index in [1.807, 2.05) is 17.0 Å². The van der Waals surface area contributed by atoms with Crippen molar-refractivity contribution in [3.63, 3.8) is 0 Å². The topological polar surface area (TPSA) is 112 Å². The summed E-state index contributed by atoms with van der Waals surface area (Å²) >= 11 is 0. The molecular formula is C25H33FN6O3. The monoisotopic (exact) mass is 484 g/mol. The zero-order valence-electron chi connectivity index (χ0n) is 20.1. The number of aromatic nitrogens is 3. The third-order valence-corrected chi connectivity index (χ3v) is 7.10. The maximum Gasteiger partial charge on any atom is 0.233 e. The Kier molecular flexibility index (Phi) is 8.22. The molecule has 188 valence electrons. The minimum Gasteiger partial charge on any atom is -0.353 e. The number of amides is 2. The van der Waals surface area contributed by atoms with Gasteiger partial charge in [-0.15, -0.1) is 0 Å². The molecule has 0 bridgehead atoms. The van der Waals surface area contributed by atoms with Crippen molar-refractivity contribution in [3.8, 4) is 0 Å². The summed E-state index contributed by atoms with van der Waals surface area (Å²) in [4.78, 5) is 38.5. The lowest BCUT2D eigenvalue weighted by molar-refractivity contribution is -0.155. The molecule has 1 saturated heterocycles. The number of hydrogen-bond donors (Lipinski definition) is 2. The third kappa shape index (κ3) is 6.30. The number of halogens is 1. The molecular weight excluding hydrogens is 451 g/mol. The minimum absolute atomic E-state index is 0.0870. The van der Waals surface area contributed by atoms with E-state index in [-0.39, 0.29) is 36.4 Å². The Morgan fingerprint density at radius 2 is 2.03 bits per heavy atom. The molecule has 3 heterocycles. The molecule has 2 N–H and O–H groups in total. The van der Waals surface area contributed by atoms with Gasteiger partial charge in [-0.2, -0.15) is 0 Å². The number of nitrogens with one attached hydrogen (secondary N) is 1. The van der Waals surface area contributed by atoms with Gasteiger partial charge in [0.15, 0.2) is 11.6 Å². The van der Waals surface area contributed by atoms with Crippen LogP contribution < -0.4 is 10.2 Å². The molecule has 1 aliphatic carbocycles. The summed E-state index contributed by atoms with van der Waals surface area (Å²) in [6.07, 6.45) is 9.62. The van der Waals surface area contributed by atoms with Crippen LogP contribution in [0.1, 0.15) is 61.5 Å². The first kappa shape index (κ1) is 25.0. The van der Waals surface area contributed by atoms with Gasteiger partial charge >= 0.3 is 0 Å². The summed E-state index contributed by atoms with van der Waals surface area (Å²) in [6.45, 7) is 2.85. The first-order valence-corrected chi connectivity index (χ1v) is 12.3. The molecule has 35 heavy (non-hydrogen) atoms. The molecule has 2 aliphatic rings. The first-order chi connectivity index (χ1) is 16.9.